The number of nitriles is 1. The Balaban J connectivity index is 1.52. The number of morpholine rings is 1. The van der Waals surface area contributed by atoms with Crippen molar-refractivity contribution < 1.29 is 14.3 Å². The summed E-state index contributed by atoms with van der Waals surface area (Å²) in [5, 5.41) is 11.9. The highest BCUT2D eigenvalue weighted by Gasteiger charge is 2.31. The number of nitrogens with zero attached hydrogens (tertiary/aromatic N) is 3. The molecule has 25 heavy (non-hydrogen) atoms. The van der Waals surface area contributed by atoms with Crippen LogP contribution in [0.2, 0.25) is 0 Å². The van der Waals surface area contributed by atoms with E-state index in [2.05, 4.69) is 11.4 Å². The minimum Gasteiger partial charge on any atom is -0.378 e. The summed E-state index contributed by atoms with van der Waals surface area (Å²) in [6.45, 7) is 3.61. The predicted molar refractivity (Wildman–Crippen MR) is 91.9 cm³/mol. The van der Waals surface area contributed by atoms with Gasteiger partial charge >= 0.3 is 6.03 Å². The highest BCUT2D eigenvalue weighted by Crippen LogP contribution is 2.22. The van der Waals surface area contributed by atoms with Crippen LogP contribution in [0.15, 0.2) is 24.3 Å². The van der Waals surface area contributed by atoms with Crippen LogP contribution in [0.25, 0.3) is 0 Å². The number of ether oxygens (including phenoxy) is 1. The second-order valence-corrected chi connectivity index (χ2v) is 6.29. The normalized spacial score (nSPS) is 18.5. The van der Waals surface area contributed by atoms with E-state index in [1.54, 1.807) is 29.2 Å². The van der Waals surface area contributed by atoms with Crippen molar-refractivity contribution >= 4 is 17.6 Å². The molecule has 2 aliphatic heterocycles. The predicted octanol–water partition coefficient (Wildman–Crippen LogP) is 1.66. The Bertz CT molecular complexity index is 671. The summed E-state index contributed by atoms with van der Waals surface area (Å²) in [7, 11) is 0. The van der Waals surface area contributed by atoms with Crippen molar-refractivity contribution in [1.82, 2.24) is 9.80 Å². The molecule has 0 radical (unpaired) electrons. The Morgan fingerprint density at radius 2 is 1.76 bits per heavy atom. The quantitative estimate of drug-likeness (QED) is 0.886. The summed E-state index contributed by atoms with van der Waals surface area (Å²) in [4.78, 5) is 28.5. The molecule has 3 amide bonds. The zero-order valence-electron chi connectivity index (χ0n) is 14.1. The van der Waals surface area contributed by atoms with Gasteiger partial charge in [0.2, 0.25) is 5.91 Å². The number of hydrogen-bond donors (Lipinski definition) is 1. The molecule has 7 heteroatoms. The highest BCUT2D eigenvalue weighted by molar-refractivity contribution is 5.91. The van der Waals surface area contributed by atoms with E-state index in [4.69, 9.17) is 10.00 Å². The standard InChI is InChI=1S/C18H22N4O3/c19-13-15-3-1-2-4-16(15)20-18(24)22-7-5-14(6-8-22)17(23)21-9-11-25-12-10-21/h1-4,14H,5-12H2,(H,20,24). The number of amides is 3. The van der Waals surface area contributed by atoms with E-state index in [0.717, 1.165) is 0 Å². The van der Waals surface area contributed by atoms with Crippen LogP contribution >= 0.6 is 0 Å². The summed E-state index contributed by atoms with van der Waals surface area (Å²) < 4.78 is 5.28. The topological polar surface area (TPSA) is 85.7 Å². The van der Waals surface area contributed by atoms with E-state index in [1.165, 1.54) is 0 Å². The SMILES string of the molecule is N#Cc1ccccc1NC(=O)N1CCC(C(=O)N2CCOCC2)CC1. The first-order valence-electron chi connectivity index (χ1n) is 8.60. The molecule has 0 atom stereocenters. The largest absolute Gasteiger partial charge is 0.378 e. The number of rotatable bonds is 2. The molecule has 1 aromatic rings. The number of urea groups is 1. The van der Waals surface area contributed by atoms with Crippen molar-refractivity contribution in [1.29, 1.82) is 5.26 Å². The van der Waals surface area contributed by atoms with Gasteiger partial charge in [-0.05, 0) is 25.0 Å². The lowest BCUT2D eigenvalue weighted by Crippen LogP contribution is -2.48. The maximum absolute atomic E-state index is 12.5. The summed E-state index contributed by atoms with van der Waals surface area (Å²) in [6, 6.07) is 8.77. The van der Waals surface area contributed by atoms with Crippen LogP contribution in [0.5, 0.6) is 0 Å². The van der Waals surface area contributed by atoms with Crippen LogP contribution in [-0.4, -0.2) is 61.1 Å². The lowest BCUT2D eigenvalue weighted by molar-refractivity contribution is -0.140. The number of anilines is 1. The van der Waals surface area contributed by atoms with Crippen molar-refractivity contribution in [2.75, 3.05) is 44.7 Å². The van der Waals surface area contributed by atoms with E-state index in [0.29, 0.717) is 63.5 Å². The number of carbonyl (C=O) groups is 2. The van der Waals surface area contributed by atoms with Gasteiger partial charge in [0.05, 0.1) is 24.5 Å². The summed E-state index contributed by atoms with van der Waals surface area (Å²) in [6.07, 6.45) is 1.34. The molecule has 2 saturated heterocycles. The van der Waals surface area contributed by atoms with Crippen molar-refractivity contribution in [2.45, 2.75) is 12.8 Å². The average molecular weight is 342 g/mol. The van der Waals surface area contributed by atoms with Gasteiger partial charge in [0.15, 0.2) is 0 Å². The third kappa shape index (κ3) is 4.09. The van der Waals surface area contributed by atoms with E-state index in [9.17, 15) is 9.59 Å². The Hall–Kier alpha value is -2.59. The van der Waals surface area contributed by atoms with Crippen LogP contribution in [0, 0.1) is 17.2 Å². The van der Waals surface area contributed by atoms with Gasteiger partial charge < -0.3 is 19.9 Å². The average Bonchev–Trinajstić information content (AvgIpc) is 2.68. The highest BCUT2D eigenvalue weighted by atomic mass is 16.5. The molecule has 0 aliphatic carbocycles. The molecule has 2 aliphatic rings. The number of likely N-dealkylation sites (tertiary alicyclic amines) is 1. The molecule has 3 rings (SSSR count). The molecule has 1 N–H and O–H groups in total. The molecule has 0 aromatic heterocycles. The van der Waals surface area contributed by atoms with Crippen LogP contribution in [0.3, 0.4) is 0 Å². The molecule has 1 aromatic carbocycles. The van der Waals surface area contributed by atoms with Crippen molar-refractivity contribution in [3.8, 4) is 6.07 Å². The second kappa shape index (κ2) is 7.99. The zero-order valence-corrected chi connectivity index (χ0v) is 14.1. The number of benzene rings is 1. The van der Waals surface area contributed by atoms with Gasteiger partial charge in [0, 0.05) is 32.1 Å². The first kappa shape index (κ1) is 17.2. The number of hydrogen-bond acceptors (Lipinski definition) is 4. The molecular weight excluding hydrogens is 320 g/mol. The number of piperidine rings is 1. The minimum atomic E-state index is -0.222. The van der Waals surface area contributed by atoms with Crippen LogP contribution in [0.4, 0.5) is 10.5 Å². The van der Waals surface area contributed by atoms with Gasteiger partial charge in [-0.1, -0.05) is 12.1 Å². The summed E-state index contributed by atoms with van der Waals surface area (Å²) >= 11 is 0. The van der Waals surface area contributed by atoms with Crippen molar-refractivity contribution in [3.63, 3.8) is 0 Å². The molecule has 2 heterocycles. The lowest BCUT2D eigenvalue weighted by Gasteiger charge is -2.35. The van der Waals surface area contributed by atoms with Crippen LogP contribution < -0.4 is 5.32 Å². The Morgan fingerprint density at radius 3 is 2.44 bits per heavy atom. The maximum atomic E-state index is 12.5. The first-order chi connectivity index (χ1) is 12.2. The van der Waals surface area contributed by atoms with Crippen molar-refractivity contribution in [3.05, 3.63) is 29.8 Å². The monoisotopic (exact) mass is 342 g/mol. The third-order valence-corrected chi connectivity index (χ3v) is 4.74. The molecular formula is C18H22N4O3. The molecule has 0 bridgehead atoms. The fraction of sp³-hybridized carbons (Fsp3) is 0.500. The molecule has 132 valence electrons. The first-order valence-corrected chi connectivity index (χ1v) is 8.60. The Kier molecular flexibility index (Phi) is 5.51. The Labute approximate surface area is 147 Å². The lowest BCUT2D eigenvalue weighted by atomic mass is 9.95. The molecule has 2 fully saturated rings. The van der Waals surface area contributed by atoms with Gasteiger partial charge in [-0.15, -0.1) is 0 Å². The van der Waals surface area contributed by atoms with E-state index < -0.39 is 0 Å². The van der Waals surface area contributed by atoms with E-state index in [1.807, 2.05) is 4.90 Å². The number of carbonyl (C=O) groups excluding carboxylic acids is 2. The third-order valence-electron chi connectivity index (χ3n) is 4.74. The smallest absolute Gasteiger partial charge is 0.321 e. The number of nitrogens with one attached hydrogen (secondary N) is 1. The fourth-order valence-corrected chi connectivity index (χ4v) is 3.26. The van der Waals surface area contributed by atoms with Gasteiger partial charge in [-0.3, -0.25) is 4.79 Å². The number of para-hydroxylation sites is 1. The molecule has 0 unspecified atom stereocenters. The van der Waals surface area contributed by atoms with E-state index >= 15 is 0 Å². The Morgan fingerprint density at radius 1 is 1.08 bits per heavy atom. The molecule has 0 saturated carbocycles. The summed E-state index contributed by atoms with van der Waals surface area (Å²) in [5.74, 6) is 0.159. The zero-order chi connectivity index (χ0) is 17.6. The van der Waals surface area contributed by atoms with E-state index in [-0.39, 0.29) is 17.9 Å². The fourth-order valence-electron chi connectivity index (χ4n) is 3.26. The second-order valence-electron chi connectivity index (χ2n) is 6.29. The van der Waals surface area contributed by atoms with Gasteiger partial charge in [-0.25, -0.2) is 4.79 Å². The molecule has 0 spiro atoms. The van der Waals surface area contributed by atoms with Gasteiger partial charge in [0.1, 0.15) is 6.07 Å². The maximum Gasteiger partial charge on any atom is 0.321 e. The van der Waals surface area contributed by atoms with Gasteiger partial charge in [-0.2, -0.15) is 5.26 Å². The van der Waals surface area contributed by atoms with Crippen LogP contribution in [-0.2, 0) is 9.53 Å². The summed E-state index contributed by atoms with van der Waals surface area (Å²) in [5.41, 5.74) is 0.953. The minimum absolute atomic E-state index is 0.0199. The van der Waals surface area contributed by atoms with Crippen molar-refractivity contribution in [2.24, 2.45) is 5.92 Å². The molecule has 7 nitrogen and oxygen atoms in total. The van der Waals surface area contributed by atoms with Crippen LogP contribution in [0.1, 0.15) is 18.4 Å². The van der Waals surface area contributed by atoms with Gasteiger partial charge in [0.25, 0.3) is 0 Å².